The van der Waals surface area contributed by atoms with Gasteiger partial charge < -0.3 is 10.6 Å². The highest BCUT2D eigenvalue weighted by Gasteiger charge is 2.15. The van der Waals surface area contributed by atoms with Crippen molar-refractivity contribution in [3.05, 3.63) is 88.4 Å². The van der Waals surface area contributed by atoms with Gasteiger partial charge in [0.05, 0.1) is 16.4 Å². The van der Waals surface area contributed by atoms with E-state index in [-0.39, 0.29) is 5.82 Å². The van der Waals surface area contributed by atoms with Crippen molar-refractivity contribution in [2.24, 2.45) is 0 Å². The zero-order valence-corrected chi connectivity index (χ0v) is 17.0. The Bertz CT molecular complexity index is 1260. The largest absolute Gasteiger partial charge is 0.366 e. The third kappa shape index (κ3) is 3.27. The molecule has 3 heterocycles. The van der Waals surface area contributed by atoms with Crippen LogP contribution in [0.5, 0.6) is 0 Å². The van der Waals surface area contributed by atoms with Gasteiger partial charge in [0.25, 0.3) is 0 Å². The average Bonchev–Trinajstić information content (AvgIpc) is 3.28. The van der Waals surface area contributed by atoms with E-state index in [0.29, 0.717) is 23.4 Å². The molecule has 0 unspecified atom stereocenters. The summed E-state index contributed by atoms with van der Waals surface area (Å²) in [4.78, 5) is 4.59. The molecule has 7 heteroatoms. The number of hydrogen-bond donors (Lipinski definition) is 2. The summed E-state index contributed by atoms with van der Waals surface area (Å²) in [6.45, 7) is 4.60. The van der Waals surface area contributed by atoms with Gasteiger partial charge in [-0.2, -0.15) is 9.61 Å². The number of rotatable bonds is 4. The molecule has 0 atom stereocenters. The van der Waals surface area contributed by atoms with Gasteiger partial charge in [-0.3, -0.25) is 0 Å². The first-order chi connectivity index (χ1) is 14.1. The first kappa shape index (κ1) is 17.9. The van der Waals surface area contributed by atoms with E-state index in [1.165, 1.54) is 11.6 Å². The summed E-state index contributed by atoms with van der Waals surface area (Å²) in [6.07, 6.45) is 2.53. The van der Waals surface area contributed by atoms with Gasteiger partial charge in [-0.1, -0.05) is 30.8 Å². The van der Waals surface area contributed by atoms with Crippen LogP contribution in [0.25, 0.3) is 16.9 Å². The van der Waals surface area contributed by atoms with E-state index in [2.05, 4.69) is 61.4 Å². The number of allylic oxidation sites excluding steroid dienone is 1. The number of fused-ring (bicyclic) bond motifs is 2. The first-order valence-electron chi connectivity index (χ1n) is 9.18. The fourth-order valence-corrected chi connectivity index (χ4v) is 3.90. The third-order valence-corrected chi connectivity index (χ3v) is 5.50. The van der Waals surface area contributed by atoms with Crippen LogP contribution in [-0.4, -0.2) is 14.6 Å². The van der Waals surface area contributed by atoms with E-state index in [4.69, 9.17) is 0 Å². The van der Waals surface area contributed by atoms with E-state index in [1.807, 2.05) is 6.07 Å². The molecule has 2 aromatic heterocycles. The van der Waals surface area contributed by atoms with Gasteiger partial charge >= 0.3 is 0 Å². The highest BCUT2D eigenvalue weighted by molar-refractivity contribution is 9.10. The van der Waals surface area contributed by atoms with Crippen LogP contribution < -0.4 is 10.6 Å². The van der Waals surface area contributed by atoms with Crippen LogP contribution in [0.1, 0.15) is 11.1 Å². The smallest absolute Gasteiger partial charge is 0.172 e. The maximum absolute atomic E-state index is 14.3. The Labute approximate surface area is 175 Å². The third-order valence-electron chi connectivity index (χ3n) is 4.94. The second kappa shape index (κ2) is 7.00. The molecule has 5 rings (SSSR count). The molecule has 0 saturated carbocycles. The van der Waals surface area contributed by atoms with E-state index in [0.717, 1.165) is 33.7 Å². The molecule has 0 spiro atoms. The van der Waals surface area contributed by atoms with Gasteiger partial charge in [-0.15, -0.1) is 0 Å². The molecular weight excluding hydrogens is 433 g/mol. The number of hydrogen-bond acceptors (Lipinski definition) is 4. The van der Waals surface area contributed by atoms with Crippen LogP contribution in [-0.2, 0) is 13.0 Å². The number of halogens is 2. The normalized spacial score (nSPS) is 12.8. The molecule has 2 N–H and O–H groups in total. The van der Waals surface area contributed by atoms with Crippen molar-refractivity contribution in [1.29, 1.82) is 0 Å². The van der Waals surface area contributed by atoms with Crippen molar-refractivity contribution >= 4 is 33.1 Å². The number of anilines is 2. The summed E-state index contributed by atoms with van der Waals surface area (Å²) >= 11 is 3.48. The molecule has 0 fully saturated rings. The Hall–Kier alpha value is -3.19. The van der Waals surface area contributed by atoms with E-state index in [9.17, 15) is 4.39 Å². The van der Waals surface area contributed by atoms with Crippen molar-refractivity contribution in [3.8, 4) is 11.3 Å². The van der Waals surface area contributed by atoms with Gasteiger partial charge in [-0.05, 0) is 45.3 Å². The maximum Gasteiger partial charge on any atom is 0.172 e. The van der Waals surface area contributed by atoms with Crippen LogP contribution >= 0.6 is 15.9 Å². The summed E-state index contributed by atoms with van der Waals surface area (Å²) in [5.41, 5.74) is 6.14. The summed E-state index contributed by atoms with van der Waals surface area (Å²) in [5, 5.41) is 11.1. The van der Waals surface area contributed by atoms with Gasteiger partial charge in [0.15, 0.2) is 5.65 Å². The monoisotopic (exact) mass is 449 g/mol. The molecule has 4 aromatic rings. The van der Waals surface area contributed by atoms with Crippen LogP contribution in [0.4, 0.5) is 15.9 Å². The van der Waals surface area contributed by atoms with E-state index < -0.39 is 0 Å². The van der Waals surface area contributed by atoms with Crippen molar-refractivity contribution in [1.82, 2.24) is 14.6 Å². The van der Waals surface area contributed by atoms with Crippen molar-refractivity contribution in [2.75, 3.05) is 10.6 Å². The predicted molar refractivity (Wildman–Crippen MR) is 116 cm³/mol. The Morgan fingerprint density at radius 2 is 2.07 bits per heavy atom. The van der Waals surface area contributed by atoms with Crippen molar-refractivity contribution in [2.45, 2.75) is 13.0 Å². The number of aromatic nitrogens is 3. The lowest BCUT2D eigenvalue weighted by atomic mass is 10.1. The van der Waals surface area contributed by atoms with E-state index in [1.54, 1.807) is 28.9 Å². The van der Waals surface area contributed by atoms with Crippen molar-refractivity contribution < 1.29 is 4.39 Å². The predicted octanol–water partition coefficient (Wildman–Crippen LogP) is 5.39. The van der Waals surface area contributed by atoms with Crippen LogP contribution in [0, 0.1) is 5.82 Å². The molecule has 0 amide bonds. The molecule has 0 radical (unpaired) electrons. The summed E-state index contributed by atoms with van der Waals surface area (Å²) < 4.78 is 16.8. The molecule has 29 heavy (non-hydrogen) atoms. The van der Waals surface area contributed by atoms with Gasteiger partial charge in [0.2, 0.25) is 0 Å². The molecular formula is C22H17BrFN5. The molecule has 0 aliphatic carbocycles. The second-order valence-electron chi connectivity index (χ2n) is 6.98. The minimum Gasteiger partial charge on any atom is -0.366 e. The lowest BCUT2D eigenvalue weighted by Gasteiger charge is -2.12. The summed E-state index contributed by atoms with van der Waals surface area (Å²) in [6, 6.07) is 14.8. The average molecular weight is 450 g/mol. The van der Waals surface area contributed by atoms with Gasteiger partial charge in [-0.25, -0.2) is 9.37 Å². The molecule has 1 aliphatic rings. The highest BCUT2D eigenvalue weighted by Crippen LogP contribution is 2.30. The molecule has 0 bridgehead atoms. The van der Waals surface area contributed by atoms with Crippen LogP contribution in [0.3, 0.4) is 0 Å². The fourth-order valence-electron chi connectivity index (χ4n) is 3.55. The molecule has 0 saturated heterocycles. The minimum atomic E-state index is -0.308. The van der Waals surface area contributed by atoms with Crippen LogP contribution in [0.15, 0.2) is 71.5 Å². The molecule has 2 aromatic carbocycles. The maximum atomic E-state index is 14.3. The number of nitrogens with one attached hydrogen (secondary N) is 2. The molecule has 1 aliphatic heterocycles. The second-order valence-corrected chi connectivity index (χ2v) is 7.84. The zero-order chi connectivity index (χ0) is 20.0. The standard InChI is InChI=1S/C22H17BrFN5/c1-13-8-15-9-14(6-7-19(15)27-13)11-25-21-10-20(16-4-2-3-5-18(16)24)28-22-17(23)12-26-29(21)22/h2-7,9-10,12,25,27H,1,8,11H2. The van der Waals surface area contributed by atoms with E-state index >= 15 is 0 Å². The lowest BCUT2D eigenvalue weighted by molar-refractivity contribution is 0.630. The summed E-state index contributed by atoms with van der Waals surface area (Å²) in [7, 11) is 0. The first-order valence-corrected chi connectivity index (χ1v) is 9.97. The Morgan fingerprint density at radius 1 is 1.21 bits per heavy atom. The minimum absolute atomic E-state index is 0.308. The Balaban J connectivity index is 1.51. The fraction of sp³-hybridized carbons (Fsp3) is 0.0909. The van der Waals surface area contributed by atoms with Gasteiger partial charge in [0, 0.05) is 36.0 Å². The highest BCUT2D eigenvalue weighted by atomic mass is 79.9. The summed E-state index contributed by atoms with van der Waals surface area (Å²) in [5.74, 6) is 0.430. The molecule has 5 nitrogen and oxygen atoms in total. The Kier molecular flexibility index (Phi) is 4.32. The molecule has 144 valence electrons. The lowest BCUT2D eigenvalue weighted by Crippen LogP contribution is -2.07. The van der Waals surface area contributed by atoms with Crippen LogP contribution in [0.2, 0.25) is 0 Å². The Morgan fingerprint density at radius 3 is 2.93 bits per heavy atom. The number of nitrogens with zero attached hydrogens (tertiary/aromatic N) is 3. The quantitative estimate of drug-likeness (QED) is 0.438. The number of benzene rings is 2. The van der Waals surface area contributed by atoms with Crippen molar-refractivity contribution in [3.63, 3.8) is 0 Å². The topological polar surface area (TPSA) is 54.2 Å². The van der Waals surface area contributed by atoms with Gasteiger partial charge in [0.1, 0.15) is 11.6 Å². The SMILES string of the molecule is C=C1Cc2cc(CNc3cc(-c4ccccc4F)nc4c(Br)cnn34)ccc2N1. The zero-order valence-electron chi connectivity index (χ0n) is 15.4.